The van der Waals surface area contributed by atoms with E-state index in [-0.39, 0.29) is 29.4 Å². The fourth-order valence-electron chi connectivity index (χ4n) is 4.28. The van der Waals surface area contributed by atoms with Crippen LogP contribution >= 0.6 is 0 Å². The second kappa shape index (κ2) is 10.7. The first-order valence-corrected chi connectivity index (χ1v) is 10.7. The van der Waals surface area contributed by atoms with Crippen LogP contribution in [0.5, 0.6) is 0 Å². The molecule has 0 bridgehead atoms. The molecule has 6 nitrogen and oxygen atoms in total. The average molecular weight is 437 g/mol. The summed E-state index contributed by atoms with van der Waals surface area (Å²) in [5.41, 5.74) is 0.836. The maximum absolute atomic E-state index is 15.1. The van der Waals surface area contributed by atoms with Gasteiger partial charge in [-0.2, -0.15) is 0 Å². The van der Waals surface area contributed by atoms with Crippen LogP contribution in [0.3, 0.4) is 0 Å². The summed E-state index contributed by atoms with van der Waals surface area (Å²) in [7, 11) is 0. The molecule has 6 unspecified atom stereocenters. The monoisotopic (exact) mass is 436 g/mol. The van der Waals surface area contributed by atoms with Crippen molar-refractivity contribution in [2.24, 2.45) is 11.8 Å². The summed E-state index contributed by atoms with van der Waals surface area (Å²) < 4.78 is 31.6. The van der Waals surface area contributed by atoms with Crippen LogP contribution in [-0.4, -0.2) is 42.4 Å². The van der Waals surface area contributed by atoms with Crippen molar-refractivity contribution < 1.29 is 33.0 Å². The SMILES string of the molecule is C=C(C)C(=O)OC1CCC(C2CCC(OC(=O)C(=C)C)CC2OC(=O)C(=C)C)C(F)C1. The lowest BCUT2D eigenvalue weighted by atomic mass is 9.70. The van der Waals surface area contributed by atoms with E-state index < -0.39 is 42.4 Å². The molecule has 2 aliphatic rings. The Labute approximate surface area is 183 Å². The smallest absolute Gasteiger partial charge is 0.333 e. The van der Waals surface area contributed by atoms with Crippen molar-refractivity contribution in [3.63, 3.8) is 0 Å². The Bertz CT molecular complexity index is 757. The van der Waals surface area contributed by atoms with Gasteiger partial charge in [0.2, 0.25) is 0 Å². The number of carbonyl (C=O) groups excluding carboxylic acids is 3. The van der Waals surface area contributed by atoms with Gasteiger partial charge in [0.1, 0.15) is 24.5 Å². The second-order valence-corrected chi connectivity index (χ2v) is 8.81. The predicted molar refractivity (Wildman–Crippen MR) is 114 cm³/mol. The number of carbonyl (C=O) groups is 3. The maximum atomic E-state index is 15.1. The van der Waals surface area contributed by atoms with Crippen LogP contribution in [0, 0.1) is 11.8 Å². The highest BCUT2D eigenvalue weighted by Gasteiger charge is 2.44. The van der Waals surface area contributed by atoms with Gasteiger partial charge in [0.25, 0.3) is 0 Å². The van der Waals surface area contributed by atoms with E-state index in [1.54, 1.807) is 20.8 Å². The Morgan fingerprint density at radius 1 is 0.677 bits per heavy atom. The highest BCUT2D eigenvalue weighted by atomic mass is 19.1. The van der Waals surface area contributed by atoms with Crippen LogP contribution in [0.15, 0.2) is 36.5 Å². The van der Waals surface area contributed by atoms with Gasteiger partial charge in [-0.15, -0.1) is 0 Å². The lowest BCUT2D eigenvalue weighted by Crippen LogP contribution is -2.45. The highest BCUT2D eigenvalue weighted by molar-refractivity contribution is 5.88. The molecule has 7 heteroatoms. The average Bonchev–Trinajstić information content (AvgIpc) is 2.68. The van der Waals surface area contributed by atoms with Gasteiger partial charge in [-0.3, -0.25) is 0 Å². The zero-order valence-electron chi connectivity index (χ0n) is 18.7. The number of alkyl halides is 1. The summed E-state index contributed by atoms with van der Waals surface area (Å²) in [6.07, 6.45) is -0.108. The van der Waals surface area contributed by atoms with E-state index in [1.807, 2.05) is 0 Å². The first-order chi connectivity index (χ1) is 14.5. The molecule has 0 saturated heterocycles. The first kappa shape index (κ1) is 24.8. The summed E-state index contributed by atoms with van der Waals surface area (Å²) in [6, 6.07) is 0. The standard InChI is InChI=1S/C24H33FO6/c1-13(2)22(26)29-16-7-9-18(20(25)11-16)19-10-8-17(30-23(27)14(3)4)12-21(19)31-24(28)15(5)6/h16-21H,1,3,5,7-12H2,2,4,6H3. The van der Waals surface area contributed by atoms with Gasteiger partial charge in [-0.25, -0.2) is 18.8 Å². The van der Waals surface area contributed by atoms with E-state index in [0.717, 1.165) is 0 Å². The van der Waals surface area contributed by atoms with Gasteiger partial charge in [0.15, 0.2) is 0 Å². The van der Waals surface area contributed by atoms with Crippen molar-refractivity contribution in [1.29, 1.82) is 0 Å². The predicted octanol–water partition coefficient (Wildman–Crippen LogP) is 4.39. The van der Waals surface area contributed by atoms with E-state index in [0.29, 0.717) is 37.7 Å². The van der Waals surface area contributed by atoms with E-state index in [9.17, 15) is 14.4 Å². The first-order valence-electron chi connectivity index (χ1n) is 10.7. The quantitative estimate of drug-likeness (QED) is 0.335. The molecule has 2 fully saturated rings. The van der Waals surface area contributed by atoms with E-state index in [4.69, 9.17) is 14.2 Å². The molecule has 0 amide bonds. The summed E-state index contributed by atoms with van der Waals surface area (Å²) in [5, 5.41) is 0. The molecule has 0 aromatic heterocycles. The number of hydrogen-bond acceptors (Lipinski definition) is 6. The normalized spacial score (nSPS) is 30.6. The fourth-order valence-corrected chi connectivity index (χ4v) is 4.28. The minimum absolute atomic E-state index is 0.107. The molecule has 2 aliphatic carbocycles. The molecule has 0 N–H and O–H groups in total. The van der Waals surface area contributed by atoms with Gasteiger partial charge >= 0.3 is 17.9 Å². The molecular formula is C24H33FO6. The molecule has 0 aromatic carbocycles. The van der Waals surface area contributed by atoms with Crippen LogP contribution in [0.25, 0.3) is 0 Å². The van der Waals surface area contributed by atoms with E-state index in [1.165, 1.54) is 0 Å². The fraction of sp³-hybridized carbons (Fsp3) is 0.625. The molecule has 6 atom stereocenters. The number of esters is 3. The van der Waals surface area contributed by atoms with E-state index >= 15 is 4.39 Å². The molecular weight excluding hydrogens is 403 g/mol. The van der Waals surface area contributed by atoms with Crippen molar-refractivity contribution in [3.05, 3.63) is 36.5 Å². The third-order valence-corrected chi connectivity index (χ3v) is 5.97. The lowest BCUT2D eigenvalue weighted by Gasteiger charge is -2.43. The molecule has 2 rings (SSSR count). The van der Waals surface area contributed by atoms with Crippen molar-refractivity contribution in [1.82, 2.24) is 0 Å². The van der Waals surface area contributed by atoms with Crippen LogP contribution in [0.4, 0.5) is 4.39 Å². The van der Waals surface area contributed by atoms with Crippen molar-refractivity contribution >= 4 is 17.9 Å². The number of hydrogen-bond donors (Lipinski definition) is 0. The second-order valence-electron chi connectivity index (χ2n) is 8.81. The Kier molecular flexibility index (Phi) is 8.60. The molecule has 0 radical (unpaired) electrons. The third-order valence-electron chi connectivity index (χ3n) is 5.97. The Balaban J connectivity index is 2.08. The number of halogens is 1. The van der Waals surface area contributed by atoms with Crippen LogP contribution in [-0.2, 0) is 28.6 Å². The lowest BCUT2D eigenvalue weighted by molar-refractivity contribution is -0.164. The van der Waals surface area contributed by atoms with Gasteiger partial charge in [-0.05, 0) is 52.4 Å². The topological polar surface area (TPSA) is 78.9 Å². The molecule has 0 heterocycles. The molecule has 172 valence electrons. The molecule has 0 aliphatic heterocycles. The summed E-state index contributed by atoms with van der Waals surface area (Å²) in [6.45, 7) is 15.4. The molecule has 2 saturated carbocycles. The molecule has 31 heavy (non-hydrogen) atoms. The van der Waals surface area contributed by atoms with Crippen molar-refractivity contribution in [2.75, 3.05) is 0 Å². The molecule has 0 aromatic rings. The zero-order valence-corrected chi connectivity index (χ0v) is 18.7. The summed E-state index contributed by atoms with van der Waals surface area (Å²) in [5.74, 6) is -2.09. The van der Waals surface area contributed by atoms with Crippen molar-refractivity contribution in [3.8, 4) is 0 Å². The van der Waals surface area contributed by atoms with Gasteiger partial charge < -0.3 is 14.2 Å². The Morgan fingerprint density at radius 3 is 1.55 bits per heavy atom. The minimum Gasteiger partial charge on any atom is -0.459 e. The third kappa shape index (κ3) is 6.77. The maximum Gasteiger partial charge on any atom is 0.333 e. The Hall–Kier alpha value is -2.44. The summed E-state index contributed by atoms with van der Waals surface area (Å²) >= 11 is 0. The largest absolute Gasteiger partial charge is 0.459 e. The number of rotatable bonds is 7. The summed E-state index contributed by atoms with van der Waals surface area (Å²) in [4.78, 5) is 35.8. The van der Waals surface area contributed by atoms with Gasteiger partial charge in [-0.1, -0.05) is 19.7 Å². The van der Waals surface area contributed by atoms with E-state index in [2.05, 4.69) is 19.7 Å². The van der Waals surface area contributed by atoms with Crippen molar-refractivity contribution in [2.45, 2.75) is 83.8 Å². The zero-order chi connectivity index (χ0) is 23.3. The van der Waals surface area contributed by atoms with Crippen LogP contribution < -0.4 is 0 Å². The minimum atomic E-state index is -1.19. The van der Waals surface area contributed by atoms with Gasteiger partial charge in [0.05, 0.1) is 0 Å². The highest BCUT2D eigenvalue weighted by Crippen LogP contribution is 2.42. The van der Waals surface area contributed by atoms with Crippen LogP contribution in [0.1, 0.15) is 59.3 Å². The molecule has 0 spiro atoms. The van der Waals surface area contributed by atoms with Crippen LogP contribution in [0.2, 0.25) is 0 Å². The van der Waals surface area contributed by atoms with Gasteiger partial charge in [0, 0.05) is 35.5 Å². The Morgan fingerprint density at radius 2 is 1.10 bits per heavy atom. The number of ether oxygens (including phenoxy) is 3.